The van der Waals surface area contributed by atoms with Crippen molar-refractivity contribution in [2.24, 2.45) is 0 Å². The van der Waals surface area contributed by atoms with Gasteiger partial charge in [0.05, 0.1) is 25.9 Å². The third-order valence-electron chi connectivity index (χ3n) is 3.59. The topological polar surface area (TPSA) is 65.1 Å². The Morgan fingerprint density at radius 3 is 2.35 bits per heavy atom. The van der Waals surface area contributed by atoms with Crippen LogP contribution in [-0.4, -0.2) is 51.7 Å². The van der Waals surface area contributed by atoms with E-state index in [9.17, 15) is 12.8 Å². The summed E-state index contributed by atoms with van der Waals surface area (Å²) in [5.74, 6) is -0.577. The van der Waals surface area contributed by atoms with Gasteiger partial charge < -0.3 is 14.2 Å². The minimum atomic E-state index is -4.01. The first-order valence-corrected chi connectivity index (χ1v) is 8.64. The summed E-state index contributed by atoms with van der Waals surface area (Å²) in [6, 6.07) is 2.16. The van der Waals surface area contributed by atoms with Crippen molar-refractivity contribution in [1.82, 2.24) is 4.31 Å². The van der Waals surface area contributed by atoms with E-state index in [1.807, 2.05) is 0 Å². The maximum atomic E-state index is 14.3. The van der Waals surface area contributed by atoms with Gasteiger partial charge in [-0.25, -0.2) is 12.8 Å². The molecule has 0 radical (unpaired) electrons. The molecule has 1 heterocycles. The molecule has 1 atom stereocenters. The van der Waals surface area contributed by atoms with Crippen molar-refractivity contribution in [2.75, 3.05) is 27.3 Å². The minimum absolute atomic E-state index is 0.139. The lowest BCUT2D eigenvalue weighted by Crippen LogP contribution is -2.53. The zero-order valence-electron chi connectivity index (χ0n) is 13.9. The Bertz CT molecular complexity index is 689. The Morgan fingerprint density at radius 2 is 1.83 bits per heavy atom. The standard InChI is InChI=1S/C15H22FNO5S/c1-10-8-17(9-15(2,3)22-10)23(18,19)14-7-13(21-5)12(20-4)6-11(14)16/h6-7,10H,8-9H2,1-5H3. The van der Waals surface area contributed by atoms with Crippen molar-refractivity contribution in [3.63, 3.8) is 0 Å². The average molecular weight is 347 g/mol. The number of halogens is 1. The van der Waals surface area contributed by atoms with Crippen LogP contribution in [0, 0.1) is 5.82 Å². The third kappa shape index (κ3) is 3.59. The van der Waals surface area contributed by atoms with Crippen LogP contribution in [0.4, 0.5) is 4.39 Å². The van der Waals surface area contributed by atoms with E-state index >= 15 is 0 Å². The van der Waals surface area contributed by atoms with Crippen LogP contribution >= 0.6 is 0 Å². The van der Waals surface area contributed by atoms with Crippen LogP contribution < -0.4 is 9.47 Å². The number of methoxy groups -OCH3 is 2. The van der Waals surface area contributed by atoms with Crippen molar-refractivity contribution >= 4 is 10.0 Å². The molecule has 23 heavy (non-hydrogen) atoms. The van der Waals surface area contributed by atoms with Gasteiger partial charge in [0.2, 0.25) is 10.0 Å². The number of rotatable bonds is 4. The van der Waals surface area contributed by atoms with Crippen LogP contribution in [0.5, 0.6) is 11.5 Å². The van der Waals surface area contributed by atoms with Crippen LogP contribution in [0.2, 0.25) is 0 Å². The van der Waals surface area contributed by atoms with Crippen LogP contribution in [0.25, 0.3) is 0 Å². The van der Waals surface area contributed by atoms with Crippen molar-refractivity contribution in [2.45, 2.75) is 37.4 Å². The summed E-state index contributed by atoms with van der Waals surface area (Å²) in [6.45, 7) is 5.70. The molecule has 130 valence electrons. The highest BCUT2D eigenvalue weighted by Crippen LogP contribution is 2.34. The van der Waals surface area contributed by atoms with Crippen molar-refractivity contribution in [3.05, 3.63) is 17.9 Å². The number of hydrogen-bond donors (Lipinski definition) is 0. The highest BCUT2D eigenvalue weighted by atomic mass is 32.2. The maximum absolute atomic E-state index is 14.3. The van der Waals surface area contributed by atoms with Crippen LogP contribution in [0.3, 0.4) is 0 Å². The second-order valence-corrected chi connectivity index (χ2v) is 8.03. The molecular formula is C15H22FNO5S. The predicted octanol–water partition coefficient (Wildman–Crippen LogP) is 2.03. The molecule has 0 spiro atoms. The van der Waals surface area contributed by atoms with Gasteiger partial charge in [0.1, 0.15) is 10.7 Å². The molecule has 0 N–H and O–H groups in total. The van der Waals surface area contributed by atoms with Gasteiger partial charge in [0.15, 0.2) is 11.5 Å². The van der Waals surface area contributed by atoms with Gasteiger partial charge in [0, 0.05) is 25.2 Å². The average Bonchev–Trinajstić information content (AvgIpc) is 2.44. The Balaban J connectivity index is 2.47. The van der Waals surface area contributed by atoms with E-state index in [0.29, 0.717) is 0 Å². The minimum Gasteiger partial charge on any atom is -0.493 e. The van der Waals surface area contributed by atoms with Crippen molar-refractivity contribution < 1.29 is 27.0 Å². The molecule has 0 bridgehead atoms. The summed E-state index contributed by atoms with van der Waals surface area (Å²) < 4.78 is 57.0. The lowest BCUT2D eigenvalue weighted by atomic mass is 10.1. The van der Waals surface area contributed by atoms with Gasteiger partial charge in [-0.15, -0.1) is 0 Å². The second kappa shape index (κ2) is 6.26. The molecule has 1 saturated heterocycles. The van der Waals surface area contributed by atoms with E-state index in [4.69, 9.17) is 14.2 Å². The third-order valence-corrected chi connectivity index (χ3v) is 5.42. The van der Waals surface area contributed by atoms with Gasteiger partial charge in [-0.3, -0.25) is 0 Å². The lowest BCUT2D eigenvalue weighted by molar-refractivity contribution is -0.109. The second-order valence-electron chi connectivity index (χ2n) is 6.12. The Kier molecular flexibility index (Phi) is 4.89. The molecule has 0 aromatic heterocycles. The van der Waals surface area contributed by atoms with Crippen LogP contribution in [-0.2, 0) is 14.8 Å². The quantitative estimate of drug-likeness (QED) is 0.834. The fourth-order valence-electron chi connectivity index (χ4n) is 2.75. The maximum Gasteiger partial charge on any atom is 0.246 e. The summed E-state index contributed by atoms with van der Waals surface area (Å²) in [7, 11) is -1.29. The smallest absolute Gasteiger partial charge is 0.246 e. The van der Waals surface area contributed by atoms with E-state index in [-0.39, 0.29) is 30.7 Å². The summed E-state index contributed by atoms with van der Waals surface area (Å²) >= 11 is 0. The number of sulfonamides is 1. The van der Waals surface area contributed by atoms with E-state index in [0.717, 1.165) is 12.1 Å². The zero-order valence-corrected chi connectivity index (χ0v) is 14.7. The summed E-state index contributed by atoms with van der Waals surface area (Å²) in [4.78, 5) is -0.431. The molecule has 0 saturated carbocycles. The fourth-order valence-corrected chi connectivity index (χ4v) is 4.48. The van der Waals surface area contributed by atoms with Crippen LogP contribution in [0.1, 0.15) is 20.8 Å². The number of hydrogen-bond acceptors (Lipinski definition) is 5. The Morgan fingerprint density at radius 1 is 1.26 bits per heavy atom. The molecular weight excluding hydrogens is 325 g/mol. The van der Waals surface area contributed by atoms with E-state index < -0.39 is 26.3 Å². The highest BCUT2D eigenvalue weighted by Gasteiger charge is 2.39. The number of benzene rings is 1. The lowest BCUT2D eigenvalue weighted by Gasteiger charge is -2.40. The summed E-state index contributed by atoms with van der Waals surface area (Å²) in [5.41, 5.74) is -0.641. The molecule has 0 amide bonds. The fraction of sp³-hybridized carbons (Fsp3) is 0.600. The van der Waals surface area contributed by atoms with Crippen LogP contribution in [0.15, 0.2) is 17.0 Å². The molecule has 1 unspecified atom stereocenters. The first-order chi connectivity index (χ1) is 10.6. The van der Waals surface area contributed by atoms with E-state index in [1.165, 1.54) is 18.5 Å². The van der Waals surface area contributed by atoms with Crippen molar-refractivity contribution in [3.8, 4) is 11.5 Å². The molecule has 1 aromatic rings. The number of ether oxygens (including phenoxy) is 3. The number of morpholine rings is 1. The summed E-state index contributed by atoms with van der Waals surface area (Å²) in [6.07, 6.45) is -0.281. The SMILES string of the molecule is COc1cc(F)c(S(=O)(=O)N2CC(C)OC(C)(C)C2)cc1OC. The molecule has 1 aliphatic rings. The molecule has 0 aliphatic carbocycles. The zero-order chi connectivity index (χ0) is 17.4. The van der Waals surface area contributed by atoms with Gasteiger partial charge in [0.25, 0.3) is 0 Å². The van der Waals surface area contributed by atoms with Gasteiger partial charge >= 0.3 is 0 Å². The summed E-state index contributed by atoms with van der Waals surface area (Å²) in [5, 5.41) is 0. The molecule has 1 fully saturated rings. The van der Waals surface area contributed by atoms with Crippen molar-refractivity contribution in [1.29, 1.82) is 0 Å². The Hall–Kier alpha value is -1.38. The molecule has 8 heteroatoms. The van der Waals surface area contributed by atoms with Gasteiger partial charge in [-0.1, -0.05) is 0 Å². The molecule has 1 aliphatic heterocycles. The molecule has 6 nitrogen and oxygen atoms in total. The van der Waals surface area contributed by atoms with E-state index in [1.54, 1.807) is 20.8 Å². The Labute approximate surface area is 136 Å². The first kappa shape index (κ1) is 18.0. The number of nitrogens with zero attached hydrogens (tertiary/aromatic N) is 1. The van der Waals surface area contributed by atoms with E-state index in [2.05, 4.69) is 0 Å². The van der Waals surface area contributed by atoms with Gasteiger partial charge in [-0.05, 0) is 20.8 Å². The first-order valence-electron chi connectivity index (χ1n) is 7.20. The predicted molar refractivity (Wildman–Crippen MR) is 82.9 cm³/mol. The molecule has 1 aromatic carbocycles. The highest BCUT2D eigenvalue weighted by molar-refractivity contribution is 7.89. The molecule has 2 rings (SSSR count). The largest absolute Gasteiger partial charge is 0.493 e. The van der Waals surface area contributed by atoms with Gasteiger partial charge in [-0.2, -0.15) is 4.31 Å². The normalized spacial score (nSPS) is 21.9. The monoisotopic (exact) mass is 347 g/mol.